The zero-order valence-electron chi connectivity index (χ0n) is 19.9. The molecule has 1 heterocycles. The maximum absolute atomic E-state index is 12.4. The first-order chi connectivity index (χ1) is 16.0. The van der Waals surface area contributed by atoms with Gasteiger partial charge in [0.25, 0.3) is 0 Å². The van der Waals surface area contributed by atoms with Crippen LogP contribution in [0, 0.1) is 12.8 Å². The molecule has 0 saturated heterocycles. The summed E-state index contributed by atoms with van der Waals surface area (Å²) >= 11 is 0. The number of esters is 1. The molecule has 1 aromatic heterocycles. The highest BCUT2D eigenvalue weighted by Crippen LogP contribution is 2.49. The Labute approximate surface area is 196 Å². The number of aryl methyl sites for hydroxylation is 1. The second-order valence-electron chi connectivity index (χ2n) is 9.21. The molecule has 4 heteroatoms. The number of benzene rings is 2. The Morgan fingerprint density at radius 3 is 2.30 bits per heavy atom. The van der Waals surface area contributed by atoms with Crippen molar-refractivity contribution < 1.29 is 14.1 Å². The van der Waals surface area contributed by atoms with Gasteiger partial charge in [0, 0.05) is 11.1 Å². The molecule has 172 valence electrons. The van der Waals surface area contributed by atoms with E-state index in [1.165, 1.54) is 5.56 Å². The molecule has 1 aliphatic carbocycles. The lowest BCUT2D eigenvalue weighted by molar-refractivity contribution is -0.146. The number of hydrogen-bond donors (Lipinski definition) is 0. The molecule has 0 amide bonds. The zero-order chi connectivity index (χ0) is 23.4. The second kappa shape index (κ2) is 9.78. The number of carbonyl (C=O) groups excluding carboxylic acids is 1. The molecule has 0 aliphatic heterocycles. The lowest BCUT2D eigenvalue weighted by Gasteiger charge is -2.14. The molecule has 4 nitrogen and oxygen atoms in total. The van der Waals surface area contributed by atoms with Crippen LogP contribution in [0.5, 0.6) is 0 Å². The van der Waals surface area contributed by atoms with Crippen LogP contribution in [-0.2, 0) is 21.4 Å². The summed E-state index contributed by atoms with van der Waals surface area (Å²) in [7, 11) is 0. The second-order valence-corrected chi connectivity index (χ2v) is 9.21. The lowest BCUT2D eigenvalue weighted by Crippen LogP contribution is -2.23. The van der Waals surface area contributed by atoms with E-state index in [1.807, 2.05) is 19.9 Å². The Hall–Kier alpha value is -3.14. The van der Waals surface area contributed by atoms with E-state index < -0.39 is 5.41 Å². The largest absolute Gasteiger partial charge is 0.465 e. The van der Waals surface area contributed by atoms with Crippen LogP contribution in [0.25, 0.3) is 22.5 Å². The summed E-state index contributed by atoms with van der Waals surface area (Å²) in [6, 6.07) is 16.7. The molecule has 3 aromatic rings. The van der Waals surface area contributed by atoms with Crippen molar-refractivity contribution in [2.24, 2.45) is 5.92 Å². The van der Waals surface area contributed by atoms with Crippen LogP contribution in [0.15, 0.2) is 65.7 Å². The molecular weight excluding hydrogens is 410 g/mol. The van der Waals surface area contributed by atoms with E-state index in [1.54, 1.807) is 0 Å². The lowest BCUT2D eigenvalue weighted by atomic mass is 9.92. The maximum atomic E-state index is 12.4. The third-order valence-corrected chi connectivity index (χ3v) is 6.73. The van der Waals surface area contributed by atoms with Gasteiger partial charge in [-0.1, -0.05) is 66.7 Å². The first kappa shape index (κ1) is 23.0. The minimum absolute atomic E-state index is 0.0981. The maximum Gasteiger partial charge on any atom is 0.316 e. The molecule has 1 unspecified atom stereocenters. The number of aromatic nitrogens is 1. The normalized spacial score (nSPS) is 15.1. The third kappa shape index (κ3) is 4.80. The van der Waals surface area contributed by atoms with Crippen molar-refractivity contribution in [3.05, 3.63) is 78.0 Å². The van der Waals surface area contributed by atoms with Gasteiger partial charge in [-0.3, -0.25) is 4.79 Å². The average molecular weight is 444 g/mol. The van der Waals surface area contributed by atoms with Crippen molar-refractivity contribution in [3.8, 4) is 22.5 Å². The van der Waals surface area contributed by atoms with Gasteiger partial charge in [-0.15, -0.1) is 6.58 Å². The topological polar surface area (TPSA) is 52.3 Å². The fourth-order valence-corrected chi connectivity index (χ4v) is 4.51. The SMILES string of the molecule is C=CCCC(C)Cc1c(C)noc1-c1ccc(-c2ccc(C3(C(=O)OCC)CC3)cc2)cc1. The Morgan fingerprint density at radius 2 is 1.73 bits per heavy atom. The van der Waals surface area contributed by atoms with Crippen LogP contribution in [0.1, 0.15) is 56.4 Å². The van der Waals surface area contributed by atoms with Crippen molar-refractivity contribution in [2.45, 2.75) is 58.3 Å². The van der Waals surface area contributed by atoms with Gasteiger partial charge in [0.15, 0.2) is 5.76 Å². The Balaban J connectivity index is 1.51. The van der Waals surface area contributed by atoms with Gasteiger partial charge in [0.1, 0.15) is 0 Å². The van der Waals surface area contributed by atoms with Crippen LogP contribution < -0.4 is 0 Å². The number of carbonyl (C=O) groups is 1. The van der Waals surface area contributed by atoms with Gasteiger partial charge < -0.3 is 9.26 Å². The summed E-state index contributed by atoms with van der Waals surface area (Å²) < 4.78 is 11.0. The van der Waals surface area contributed by atoms with E-state index in [4.69, 9.17) is 9.26 Å². The van der Waals surface area contributed by atoms with Crippen LogP contribution in [0.2, 0.25) is 0 Å². The highest BCUT2D eigenvalue weighted by atomic mass is 16.5. The Kier molecular flexibility index (Phi) is 6.83. The number of ether oxygens (including phenoxy) is 1. The molecule has 0 radical (unpaired) electrons. The van der Waals surface area contributed by atoms with Gasteiger partial charge in [0.05, 0.1) is 17.7 Å². The van der Waals surface area contributed by atoms with Crippen LogP contribution in [0.3, 0.4) is 0 Å². The molecule has 0 bridgehead atoms. The van der Waals surface area contributed by atoms with Crippen molar-refractivity contribution in [3.63, 3.8) is 0 Å². The fourth-order valence-electron chi connectivity index (χ4n) is 4.51. The van der Waals surface area contributed by atoms with E-state index in [0.717, 1.165) is 65.8 Å². The van der Waals surface area contributed by atoms with Crippen molar-refractivity contribution in [1.29, 1.82) is 0 Å². The molecule has 0 spiro atoms. The average Bonchev–Trinajstić information content (AvgIpc) is 3.58. The van der Waals surface area contributed by atoms with Gasteiger partial charge in [-0.2, -0.15) is 0 Å². The fraction of sp³-hybridized carbons (Fsp3) is 0.379. The summed E-state index contributed by atoms with van der Waals surface area (Å²) in [5.74, 6) is 1.31. The van der Waals surface area contributed by atoms with Gasteiger partial charge in [-0.25, -0.2) is 0 Å². The minimum Gasteiger partial charge on any atom is -0.465 e. The summed E-state index contributed by atoms with van der Waals surface area (Å²) in [6.45, 7) is 10.4. The molecular formula is C29H33NO3. The van der Waals surface area contributed by atoms with E-state index in [9.17, 15) is 4.79 Å². The predicted molar refractivity (Wildman–Crippen MR) is 132 cm³/mol. The third-order valence-electron chi connectivity index (χ3n) is 6.73. The summed E-state index contributed by atoms with van der Waals surface area (Å²) in [6.07, 6.45) is 6.79. The smallest absolute Gasteiger partial charge is 0.316 e. The van der Waals surface area contributed by atoms with E-state index >= 15 is 0 Å². The van der Waals surface area contributed by atoms with Crippen molar-refractivity contribution in [2.75, 3.05) is 6.61 Å². The van der Waals surface area contributed by atoms with Crippen LogP contribution in [0.4, 0.5) is 0 Å². The van der Waals surface area contributed by atoms with Gasteiger partial charge in [-0.05, 0) is 68.6 Å². The van der Waals surface area contributed by atoms with E-state index in [2.05, 4.69) is 67.2 Å². The van der Waals surface area contributed by atoms with Crippen LogP contribution >= 0.6 is 0 Å². The first-order valence-corrected chi connectivity index (χ1v) is 11.9. The molecule has 1 fully saturated rings. The first-order valence-electron chi connectivity index (χ1n) is 11.9. The summed E-state index contributed by atoms with van der Waals surface area (Å²) in [5.41, 5.74) is 6.07. The van der Waals surface area contributed by atoms with Gasteiger partial charge in [0.2, 0.25) is 0 Å². The van der Waals surface area contributed by atoms with Gasteiger partial charge >= 0.3 is 5.97 Å². The summed E-state index contributed by atoms with van der Waals surface area (Å²) in [5, 5.41) is 4.24. The molecule has 1 saturated carbocycles. The Bertz CT molecular complexity index is 1100. The highest BCUT2D eigenvalue weighted by molar-refractivity contribution is 5.87. The number of hydrogen-bond acceptors (Lipinski definition) is 4. The van der Waals surface area contributed by atoms with E-state index in [-0.39, 0.29) is 5.97 Å². The molecule has 0 N–H and O–H groups in total. The van der Waals surface area contributed by atoms with Crippen molar-refractivity contribution >= 4 is 5.97 Å². The predicted octanol–water partition coefficient (Wildman–Crippen LogP) is 7.06. The quantitative estimate of drug-likeness (QED) is 0.249. The standard InChI is InChI=1S/C29H33NO3/c1-5-7-8-20(3)19-26-21(4)30-33-27(26)24-11-9-22(10-12-24)23-13-15-25(16-14-23)29(17-18-29)28(31)32-6-2/h5,9-16,20H,1,6-8,17-19H2,2-4H3. The molecule has 33 heavy (non-hydrogen) atoms. The monoisotopic (exact) mass is 443 g/mol. The number of nitrogens with zero attached hydrogens (tertiary/aromatic N) is 1. The molecule has 4 rings (SSSR count). The minimum atomic E-state index is -0.429. The molecule has 1 atom stereocenters. The van der Waals surface area contributed by atoms with E-state index in [0.29, 0.717) is 12.5 Å². The highest BCUT2D eigenvalue weighted by Gasteiger charge is 2.52. The number of allylic oxidation sites excluding steroid dienone is 1. The Morgan fingerprint density at radius 1 is 1.12 bits per heavy atom. The molecule has 1 aliphatic rings. The van der Waals surface area contributed by atoms with Crippen LogP contribution in [-0.4, -0.2) is 17.7 Å². The zero-order valence-corrected chi connectivity index (χ0v) is 19.9. The summed E-state index contributed by atoms with van der Waals surface area (Å²) in [4.78, 5) is 12.4. The number of rotatable bonds is 10. The molecule has 2 aromatic carbocycles. The van der Waals surface area contributed by atoms with Crippen molar-refractivity contribution in [1.82, 2.24) is 5.16 Å².